The van der Waals surface area contributed by atoms with Crippen LogP contribution in [0.4, 0.5) is 0 Å². The van der Waals surface area contributed by atoms with Crippen molar-refractivity contribution in [1.29, 1.82) is 5.26 Å². The zero-order valence-corrected chi connectivity index (χ0v) is 13.4. The van der Waals surface area contributed by atoms with Crippen molar-refractivity contribution in [2.24, 2.45) is 0 Å². The third-order valence-electron chi connectivity index (χ3n) is 4.35. The SMILES string of the molecule is N#C/C(=C/c1ccc2c(c1)OCCO2)c1nnc2n1CCCCC2. The van der Waals surface area contributed by atoms with Crippen LogP contribution in [0.2, 0.25) is 0 Å². The number of fused-ring (bicyclic) bond motifs is 2. The second-order valence-corrected chi connectivity index (χ2v) is 5.98. The minimum absolute atomic E-state index is 0.521. The molecule has 2 aliphatic rings. The first-order valence-electron chi connectivity index (χ1n) is 8.29. The number of aryl methyl sites for hydroxylation is 1. The molecule has 0 fully saturated rings. The first kappa shape index (κ1) is 14.8. The minimum Gasteiger partial charge on any atom is -0.486 e. The van der Waals surface area contributed by atoms with Crippen molar-refractivity contribution in [3.05, 3.63) is 35.4 Å². The maximum atomic E-state index is 9.61. The molecule has 6 nitrogen and oxygen atoms in total. The lowest BCUT2D eigenvalue weighted by Crippen LogP contribution is -2.15. The van der Waals surface area contributed by atoms with Crippen molar-refractivity contribution in [2.75, 3.05) is 13.2 Å². The summed E-state index contributed by atoms with van der Waals surface area (Å²) in [5.41, 5.74) is 1.41. The fourth-order valence-electron chi connectivity index (χ4n) is 3.15. The van der Waals surface area contributed by atoms with Crippen LogP contribution in [0.15, 0.2) is 18.2 Å². The van der Waals surface area contributed by atoms with Crippen molar-refractivity contribution in [3.8, 4) is 17.6 Å². The van der Waals surface area contributed by atoms with Crippen LogP contribution in [0.3, 0.4) is 0 Å². The predicted octanol–water partition coefficient (Wildman–Crippen LogP) is 2.84. The molecule has 3 heterocycles. The molecule has 24 heavy (non-hydrogen) atoms. The van der Waals surface area contributed by atoms with E-state index in [1.54, 1.807) is 0 Å². The molecule has 2 aliphatic heterocycles. The first-order chi connectivity index (χ1) is 11.8. The molecular weight excluding hydrogens is 304 g/mol. The second-order valence-electron chi connectivity index (χ2n) is 5.98. The molecule has 1 aromatic heterocycles. The Morgan fingerprint density at radius 2 is 2.00 bits per heavy atom. The van der Waals surface area contributed by atoms with Crippen molar-refractivity contribution < 1.29 is 9.47 Å². The molecule has 122 valence electrons. The summed E-state index contributed by atoms with van der Waals surface area (Å²) < 4.78 is 13.2. The molecule has 0 unspecified atom stereocenters. The quantitative estimate of drug-likeness (QED) is 0.795. The Morgan fingerprint density at radius 1 is 1.12 bits per heavy atom. The van der Waals surface area contributed by atoms with E-state index in [4.69, 9.17) is 9.47 Å². The van der Waals surface area contributed by atoms with Crippen LogP contribution in [-0.2, 0) is 13.0 Å². The molecule has 6 heteroatoms. The lowest BCUT2D eigenvalue weighted by Gasteiger charge is -2.18. The average Bonchev–Trinajstić information content (AvgIpc) is 2.87. The van der Waals surface area contributed by atoms with E-state index in [-0.39, 0.29) is 0 Å². The summed E-state index contributed by atoms with van der Waals surface area (Å²) in [7, 11) is 0. The third-order valence-corrected chi connectivity index (χ3v) is 4.35. The van der Waals surface area contributed by atoms with E-state index in [0.717, 1.165) is 42.9 Å². The van der Waals surface area contributed by atoms with Gasteiger partial charge < -0.3 is 14.0 Å². The van der Waals surface area contributed by atoms with Crippen LogP contribution in [0.1, 0.15) is 36.5 Å². The van der Waals surface area contributed by atoms with Crippen LogP contribution < -0.4 is 9.47 Å². The molecule has 1 aromatic carbocycles. The summed E-state index contributed by atoms with van der Waals surface area (Å²) in [5, 5.41) is 18.1. The number of allylic oxidation sites excluding steroid dienone is 1. The molecule has 0 radical (unpaired) electrons. The van der Waals surface area contributed by atoms with E-state index < -0.39 is 0 Å². The lowest BCUT2D eigenvalue weighted by atomic mass is 10.1. The summed E-state index contributed by atoms with van der Waals surface area (Å²) in [6.07, 6.45) is 6.18. The third kappa shape index (κ3) is 2.73. The van der Waals surface area contributed by atoms with Gasteiger partial charge in [0, 0.05) is 13.0 Å². The van der Waals surface area contributed by atoms with Crippen molar-refractivity contribution in [3.63, 3.8) is 0 Å². The van der Waals surface area contributed by atoms with E-state index in [2.05, 4.69) is 20.8 Å². The number of hydrogen-bond donors (Lipinski definition) is 0. The van der Waals surface area contributed by atoms with E-state index in [1.807, 2.05) is 24.3 Å². The summed E-state index contributed by atoms with van der Waals surface area (Å²) in [5.74, 6) is 3.09. The number of nitrogens with zero attached hydrogens (tertiary/aromatic N) is 4. The molecule has 2 aromatic rings. The fraction of sp³-hybridized carbons (Fsp3) is 0.389. The zero-order chi connectivity index (χ0) is 16.4. The maximum absolute atomic E-state index is 9.61. The molecule has 4 rings (SSSR count). The van der Waals surface area contributed by atoms with E-state index in [9.17, 15) is 5.26 Å². The van der Waals surface area contributed by atoms with Gasteiger partial charge in [0.05, 0.1) is 5.57 Å². The van der Waals surface area contributed by atoms with Gasteiger partial charge in [-0.2, -0.15) is 5.26 Å². The van der Waals surface area contributed by atoms with Crippen LogP contribution in [0.5, 0.6) is 11.5 Å². The second kappa shape index (κ2) is 6.36. The largest absolute Gasteiger partial charge is 0.486 e. The molecule has 0 saturated heterocycles. The van der Waals surface area contributed by atoms with Gasteiger partial charge in [-0.15, -0.1) is 10.2 Å². The number of benzene rings is 1. The lowest BCUT2D eigenvalue weighted by molar-refractivity contribution is 0.171. The standard InChI is InChI=1S/C18H18N4O2/c19-12-14(18-21-20-17-4-2-1-3-7-22(17)18)10-13-5-6-15-16(11-13)24-9-8-23-15/h5-6,10-11H,1-4,7-9H2/b14-10-. The van der Waals surface area contributed by atoms with Gasteiger partial charge in [-0.1, -0.05) is 12.5 Å². The summed E-state index contributed by atoms with van der Waals surface area (Å²) >= 11 is 0. The van der Waals surface area contributed by atoms with E-state index in [1.165, 1.54) is 6.42 Å². The molecular formula is C18H18N4O2. The highest BCUT2D eigenvalue weighted by molar-refractivity contribution is 5.87. The van der Waals surface area contributed by atoms with Gasteiger partial charge in [-0.25, -0.2) is 0 Å². The highest BCUT2D eigenvalue weighted by Crippen LogP contribution is 2.32. The summed E-state index contributed by atoms with van der Waals surface area (Å²) in [6, 6.07) is 7.96. The average molecular weight is 322 g/mol. The van der Waals surface area contributed by atoms with Gasteiger partial charge in [0.1, 0.15) is 25.1 Å². The van der Waals surface area contributed by atoms with E-state index >= 15 is 0 Å². The van der Waals surface area contributed by atoms with Crippen molar-refractivity contribution in [1.82, 2.24) is 14.8 Å². The maximum Gasteiger partial charge on any atom is 0.174 e. The predicted molar refractivity (Wildman–Crippen MR) is 88.5 cm³/mol. The van der Waals surface area contributed by atoms with Crippen LogP contribution in [-0.4, -0.2) is 28.0 Å². The Hall–Kier alpha value is -2.81. The smallest absolute Gasteiger partial charge is 0.174 e. The number of rotatable bonds is 2. The monoisotopic (exact) mass is 322 g/mol. The van der Waals surface area contributed by atoms with Crippen LogP contribution in [0, 0.1) is 11.3 Å². The number of hydrogen-bond acceptors (Lipinski definition) is 5. The Morgan fingerprint density at radius 3 is 2.88 bits per heavy atom. The topological polar surface area (TPSA) is 73.0 Å². The molecule has 0 saturated carbocycles. The first-order valence-corrected chi connectivity index (χ1v) is 8.29. The Balaban J connectivity index is 1.70. The Labute approximate surface area is 140 Å². The van der Waals surface area contributed by atoms with Gasteiger partial charge in [0.15, 0.2) is 17.3 Å². The van der Waals surface area contributed by atoms with Gasteiger partial charge in [-0.05, 0) is 36.6 Å². The van der Waals surface area contributed by atoms with Gasteiger partial charge in [0.2, 0.25) is 0 Å². The number of aromatic nitrogens is 3. The molecule has 0 amide bonds. The highest BCUT2D eigenvalue weighted by Gasteiger charge is 2.18. The highest BCUT2D eigenvalue weighted by atomic mass is 16.6. The van der Waals surface area contributed by atoms with Gasteiger partial charge >= 0.3 is 0 Å². The fourth-order valence-corrected chi connectivity index (χ4v) is 3.15. The van der Waals surface area contributed by atoms with Gasteiger partial charge in [-0.3, -0.25) is 0 Å². The Bertz CT molecular complexity index is 832. The molecule has 0 N–H and O–H groups in total. The van der Waals surface area contributed by atoms with Crippen LogP contribution >= 0.6 is 0 Å². The molecule has 0 spiro atoms. The summed E-state index contributed by atoms with van der Waals surface area (Å²) in [4.78, 5) is 0. The zero-order valence-electron chi connectivity index (χ0n) is 13.4. The van der Waals surface area contributed by atoms with Crippen molar-refractivity contribution >= 4 is 11.6 Å². The minimum atomic E-state index is 0.521. The van der Waals surface area contributed by atoms with Gasteiger partial charge in [0.25, 0.3) is 0 Å². The molecule has 0 atom stereocenters. The van der Waals surface area contributed by atoms with Crippen molar-refractivity contribution in [2.45, 2.75) is 32.2 Å². The summed E-state index contributed by atoms with van der Waals surface area (Å²) in [6.45, 7) is 1.98. The Kier molecular flexibility index (Phi) is 3.91. The van der Waals surface area contributed by atoms with E-state index in [0.29, 0.717) is 30.4 Å². The molecule has 0 bridgehead atoms. The number of nitriles is 1. The normalized spacial score (nSPS) is 16.9. The molecule has 0 aliphatic carbocycles. The number of ether oxygens (including phenoxy) is 2. The van der Waals surface area contributed by atoms with Crippen LogP contribution in [0.25, 0.3) is 11.6 Å².